The highest BCUT2D eigenvalue weighted by Gasteiger charge is 1.99. The number of phenols is 1. The van der Waals surface area contributed by atoms with Gasteiger partial charge in [-0.1, -0.05) is 6.07 Å². The van der Waals surface area contributed by atoms with Crippen LogP contribution in [0.2, 0.25) is 0 Å². The van der Waals surface area contributed by atoms with Gasteiger partial charge in [-0.05, 0) is 30.7 Å². The third kappa shape index (κ3) is 2.68. The van der Waals surface area contributed by atoms with Crippen molar-refractivity contribution in [1.29, 1.82) is 0 Å². The normalized spacial score (nSPS) is 9.17. The molecule has 0 bridgehead atoms. The lowest BCUT2D eigenvalue weighted by Gasteiger charge is -1.99. The Morgan fingerprint density at radius 3 is 2.58 bits per heavy atom. The number of nitrogens with two attached hydrogens (primary N) is 1. The zero-order valence-corrected chi connectivity index (χ0v) is 7.27. The number of phenolic OH excluding ortho intramolecular Hbond substituents is 1. The molecule has 0 heterocycles. The molecule has 0 aliphatic carbocycles. The molecule has 0 saturated heterocycles. The molecule has 12 heavy (non-hydrogen) atoms. The van der Waals surface area contributed by atoms with Crippen molar-refractivity contribution in [3.63, 3.8) is 0 Å². The third-order valence-electron chi connectivity index (χ3n) is 1.44. The van der Waals surface area contributed by atoms with Crippen LogP contribution in [0.5, 0.6) is 5.75 Å². The van der Waals surface area contributed by atoms with E-state index in [1.807, 2.05) is 0 Å². The summed E-state index contributed by atoms with van der Waals surface area (Å²) in [6.45, 7) is 0.505. The molecule has 0 fully saturated rings. The Hall–Kier alpha value is -0.800. The number of aromatic hydroxyl groups is 1. The summed E-state index contributed by atoms with van der Waals surface area (Å²) in [5, 5.41) is 8.91. The van der Waals surface area contributed by atoms with Crippen LogP contribution in [0.1, 0.15) is 5.56 Å². The molecular weight excluding hydrogens is 181 g/mol. The highest BCUT2D eigenvalue weighted by Crippen LogP contribution is 2.16. The molecule has 0 atom stereocenters. The van der Waals surface area contributed by atoms with Gasteiger partial charge >= 0.3 is 0 Å². The molecule has 1 aromatic rings. The highest BCUT2D eigenvalue weighted by molar-refractivity contribution is 5.85. The monoisotopic (exact) mass is 191 g/mol. The Bertz CT molecular complexity index is 255. The molecule has 0 unspecified atom stereocenters. The van der Waals surface area contributed by atoms with Crippen molar-refractivity contribution in [3.8, 4) is 5.75 Å². The number of rotatable bonds is 2. The van der Waals surface area contributed by atoms with Crippen LogP contribution in [-0.4, -0.2) is 11.7 Å². The minimum Gasteiger partial charge on any atom is -0.505 e. The van der Waals surface area contributed by atoms with Crippen molar-refractivity contribution < 1.29 is 9.50 Å². The summed E-state index contributed by atoms with van der Waals surface area (Å²) in [5.41, 5.74) is 6.13. The van der Waals surface area contributed by atoms with Gasteiger partial charge in [-0.15, -0.1) is 12.4 Å². The second kappa shape index (κ2) is 4.95. The minimum absolute atomic E-state index is 0. The van der Waals surface area contributed by atoms with Crippen molar-refractivity contribution in [2.24, 2.45) is 5.73 Å². The Balaban J connectivity index is 0.00000121. The van der Waals surface area contributed by atoms with E-state index in [1.54, 1.807) is 6.07 Å². The average molecular weight is 192 g/mol. The first kappa shape index (κ1) is 11.2. The maximum Gasteiger partial charge on any atom is 0.164 e. The van der Waals surface area contributed by atoms with Gasteiger partial charge in [-0.3, -0.25) is 0 Å². The van der Waals surface area contributed by atoms with Gasteiger partial charge in [0.2, 0.25) is 0 Å². The number of hydrogen-bond donors (Lipinski definition) is 2. The first-order valence-electron chi connectivity index (χ1n) is 3.41. The van der Waals surface area contributed by atoms with Gasteiger partial charge in [-0.25, -0.2) is 4.39 Å². The Morgan fingerprint density at radius 1 is 1.42 bits per heavy atom. The van der Waals surface area contributed by atoms with E-state index in [0.717, 1.165) is 5.56 Å². The van der Waals surface area contributed by atoms with E-state index in [2.05, 4.69) is 0 Å². The lowest BCUT2D eigenvalue weighted by Crippen LogP contribution is -2.02. The molecule has 0 radical (unpaired) electrons. The second-order valence-corrected chi connectivity index (χ2v) is 2.32. The van der Waals surface area contributed by atoms with Crippen molar-refractivity contribution >= 4 is 12.4 Å². The van der Waals surface area contributed by atoms with E-state index >= 15 is 0 Å². The fourth-order valence-electron chi connectivity index (χ4n) is 0.880. The van der Waals surface area contributed by atoms with Gasteiger partial charge in [-0.2, -0.15) is 0 Å². The van der Waals surface area contributed by atoms with Crippen LogP contribution in [0, 0.1) is 5.82 Å². The molecule has 1 aromatic carbocycles. The molecule has 0 aliphatic rings. The Morgan fingerprint density at radius 2 is 2.08 bits per heavy atom. The van der Waals surface area contributed by atoms with Crippen LogP contribution in [0.3, 0.4) is 0 Å². The molecule has 0 amide bonds. The molecule has 3 N–H and O–H groups in total. The van der Waals surface area contributed by atoms with Crippen LogP contribution < -0.4 is 5.73 Å². The van der Waals surface area contributed by atoms with Crippen molar-refractivity contribution in [3.05, 3.63) is 29.6 Å². The van der Waals surface area contributed by atoms with Crippen LogP contribution >= 0.6 is 12.4 Å². The van der Waals surface area contributed by atoms with Crippen LogP contribution in [-0.2, 0) is 6.42 Å². The van der Waals surface area contributed by atoms with E-state index in [-0.39, 0.29) is 18.2 Å². The van der Waals surface area contributed by atoms with Crippen molar-refractivity contribution in [2.75, 3.05) is 6.54 Å². The lowest BCUT2D eigenvalue weighted by molar-refractivity contribution is 0.431. The number of hydrogen-bond acceptors (Lipinski definition) is 2. The molecule has 1 rings (SSSR count). The van der Waals surface area contributed by atoms with Gasteiger partial charge in [0, 0.05) is 0 Å². The summed E-state index contributed by atoms with van der Waals surface area (Å²) in [6, 6.07) is 4.24. The minimum atomic E-state index is -0.592. The van der Waals surface area contributed by atoms with Crippen LogP contribution in [0.15, 0.2) is 18.2 Å². The van der Waals surface area contributed by atoms with Crippen LogP contribution in [0.4, 0.5) is 4.39 Å². The van der Waals surface area contributed by atoms with E-state index in [0.29, 0.717) is 13.0 Å². The topological polar surface area (TPSA) is 46.2 Å². The van der Waals surface area contributed by atoms with Gasteiger partial charge < -0.3 is 10.8 Å². The number of benzene rings is 1. The van der Waals surface area contributed by atoms with Crippen molar-refractivity contribution in [2.45, 2.75) is 6.42 Å². The zero-order chi connectivity index (χ0) is 8.27. The first-order chi connectivity index (χ1) is 5.24. The zero-order valence-electron chi connectivity index (χ0n) is 6.46. The summed E-state index contributed by atoms with van der Waals surface area (Å²) in [5.74, 6) is -0.901. The van der Waals surface area contributed by atoms with E-state index in [1.165, 1.54) is 12.1 Å². The van der Waals surface area contributed by atoms with Gasteiger partial charge in [0.1, 0.15) is 0 Å². The van der Waals surface area contributed by atoms with Gasteiger partial charge in [0.15, 0.2) is 11.6 Å². The third-order valence-corrected chi connectivity index (χ3v) is 1.44. The SMILES string of the molecule is Cl.NCCc1ccc(F)c(O)c1. The quantitative estimate of drug-likeness (QED) is 0.744. The molecule has 68 valence electrons. The van der Waals surface area contributed by atoms with Crippen molar-refractivity contribution in [1.82, 2.24) is 0 Å². The summed E-state index contributed by atoms with van der Waals surface area (Å²) >= 11 is 0. The maximum absolute atomic E-state index is 12.5. The van der Waals surface area contributed by atoms with E-state index in [9.17, 15) is 4.39 Å². The Labute approximate surface area is 76.6 Å². The van der Waals surface area contributed by atoms with Gasteiger partial charge in [0.25, 0.3) is 0 Å². The molecule has 0 aliphatic heterocycles. The molecular formula is C8H11ClFNO. The van der Waals surface area contributed by atoms with E-state index < -0.39 is 5.82 Å². The molecule has 0 aromatic heterocycles. The summed E-state index contributed by atoms with van der Waals surface area (Å²) in [6.07, 6.45) is 0.661. The maximum atomic E-state index is 12.5. The summed E-state index contributed by atoms with van der Waals surface area (Å²) < 4.78 is 12.5. The Kier molecular flexibility index (Phi) is 4.62. The fourth-order valence-corrected chi connectivity index (χ4v) is 0.880. The smallest absolute Gasteiger partial charge is 0.164 e. The molecule has 4 heteroatoms. The first-order valence-corrected chi connectivity index (χ1v) is 3.41. The average Bonchev–Trinajstić information content (AvgIpc) is 1.98. The lowest BCUT2D eigenvalue weighted by atomic mass is 10.1. The van der Waals surface area contributed by atoms with E-state index in [4.69, 9.17) is 10.8 Å². The highest BCUT2D eigenvalue weighted by atomic mass is 35.5. The van der Waals surface area contributed by atoms with Crippen LogP contribution in [0.25, 0.3) is 0 Å². The molecule has 2 nitrogen and oxygen atoms in total. The predicted molar refractivity (Wildman–Crippen MR) is 48.1 cm³/mol. The van der Waals surface area contributed by atoms with Gasteiger partial charge in [0.05, 0.1) is 0 Å². The molecule has 0 saturated carbocycles. The second-order valence-electron chi connectivity index (χ2n) is 2.32. The summed E-state index contributed by atoms with van der Waals surface area (Å²) in [4.78, 5) is 0. The predicted octanol–water partition coefficient (Wildman–Crippen LogP) is 1.45. The summed E-state index contributed by atoms with van der Waals surface area (Å²) in [7, 11) is 0. The number of halogens is 2. The standard InChI is InChI=1S/C8H10FNO.ClH/c9-7-2-1-6(3-4-10)5-8(7)11;/h1-2,5,11H,3-4,10H2;1H. The fraction of sp³-hybridized carbons (Fsp3) is 0.250. The molecule has 0 spiro atoms. The largest absolute Gasteiger partial charge is 0.505 e.